The summed E-state index contributed by atoms with van der Waals surface area (Å²) in [4.78, 5) is 55.5. The van der Waals surface area contributed by atoms with Gasteiger partial charge in [-0.3, -0.25) is 23.5 Å². The molecule has 218 valence electrons. The summed E-state index contributed by atoms with van der Waals surface area (Å²) in [5.74, 6) is -3.49. The zero-order valence-electron chi connectivity index (χ0n) is 23.1. The highest BCUT2D eigenvalue weighted by molar-refractivity contribution is 6.36. The molecule has 6 rings (SSSR count). The topological polar surface area (TPSA) is 118 Å². The van der Waals surface area contributed by atoms with E-state index in [2.05, 4.69) is 5.32 Å². The SMILES string of the molecule is COc1cc(OC)c2c(c1Cl)O[C@@]1(C(=O)C3=C(C[C@H]1C)Nc1c(c(=O)n(C)c(=O)n1C)C3c1ccc(F)c(Cl)c1)C2=O. The molecule has 1 unspecified atom stereocenters. The number of aromatic nitrogens is 2. The fourth-order valence-corrected chi connectivity index (χ4v) is 6.67. The summed E-state index contributed by atoms with van der Waals surface area (Å²) in [6, 6.07) is 5.30. The van der Waals surface area contributed by atoms with E-state index in [1.54, 1.807) is 6.92 Å². The standard InChI is InChI=1S/C29H24Cl2FN3O7/c1-11-8-15-19(24(36)29(11)25(37)20-16(40-4)10-17(41-5)22(31)23(20)42-29)18(12-6-7-14(32)13(30)9-12)21-26(33-15)34(2)28(39)35(3)27(21)38/h6-7,9-11,18,33H,8H2,1-5H3/t11-,18?,29+/m1/s1. The fourth-order valence-electron chi connectivity index (χ4n) is 6.21. The second kappa shape index (κ2) is 9.47. The van der Waals surface area contributed by atoms with Gasteiger partial charge in [0.25, 0.3) is 5.56 Å². The number of hydrogen-bond donors (Lipinski definition) is 1. The minimum absolute atomic E-state index is 0.00333. The van der Waals surface area contributed by atoms with E-state index in [1.165, 1.54) is 51.1 Å². The third-order valence-corrected chi connectivity index (χ3v) is 9.00. The second-order valence-corrected chi connectivity index (χ2v) is 11.3. The van der Waals surface area contributed by atoms with Crippen LogP contribution in [-0.4, -0.2) is 40.5 Å². The number of carbonyl (C=O) groups is 2. The van der Waals surface area contributed by atoms with Gasteiger partial charge in [-0.2, -0.15) is 0 Å². The Labute approximate surface area is 248 Å². The van der Waals surface area contributed by atoms with Crippen molar-refractivity contribution in [3.63, 3.8) is 0 Å². The predicted octanol–water partition coefficient (Wildman–Crippen LogP) is 3.98. The van der Waals surface area contributed by atoms with E-state index in [0.29, 0.717) is 11.3 Å². The van der Waals surface area contributed by atoms with Crippen LogP contribution in [-0.2, 0) is 18.9 Å². The minimum Gasteiger partial charge on any atom is -0.496 e. The minimum atomic E-state index is -2.06. The first-order chi connectivity index (χ1) is 19.9. The van der Waals surface area contributed by atoms with Crippen LogP contribution < -0.4 is 30.8 Å². The summed E-state index contributed by atoms with van der Waals surface area (Å²) >= 11 is 12.7. The molecule has 0 saturated heterocycles. The molecule has 13 heteroatoms. The van der Waals surface area contributed by atoms with Gasteiger partial charge in [0, 0.05) is 43.3 Å². The number of nitrogens with zero attached hydrogens (tertiary/aromatic N) is 2. The van der Waals surface area contributed by atoms with Gasteiger partial charge in [-0.15, -0.1) is 0 Å². The normalized spacial score (nSPS) is 22.4. The van der Waals surface area contributed by atoms with Crippen molar-refractivity contribution < 1.29 is 28.2 Å². The Morgan fingerprint density at radius 3 is 2.36 bits per heavy atom. The molecule has 2 aliphatic heterocycles. The summed E-state index contributed by atoms with van der Waals surface area (Å²) in [5.41, 5.74) is -2.50. The summed E-state index contributed by atoms with van der Waals surface area (Å²) in [5, 5.41) is 2.89. The van der Waals surface area contributed by atoms with Gasteiger partial charge in [0.05, 0.1) is 24.8 Å². The molecule has 1 aromatic heterocycles. The number of rotatable bonds is 3. The maximum Gasteiger partial charge on any atom is 0.332 e. The Bertz CT molecular complexity index is 1910. The van der Waals surface area contributed by atoms with Gasteiger partial charge < -0.3 is 19.5 Å². The second-order valence-electron chi connectivity index (χ2n) is 10.5. The molecule has 0 bridgehead atoms. The van der Waals surface area contributed by atoms with Gasteiger partial charge in [0.15, 0.2) is 5.75 Å². The van der Waals surface area contributed by atoms with E-state index in [1.807, 2.05) is 0 Å². The van der Waals surface area contributed by atoms with Crippen molar-refractivity contribution >= 4 is 40.6 Å². The van der Waals surface area contributed by atoms with Crippen LogP contribution in [0, 0.1) is 11.7 Å². The number of ketones is 2. The molecule has 0 fully saturated rings. The molecule has 3 heterocycles. The number of fused-ring (bicyclic) bond motifs is 2. The van der Waals surface area contributed by atoms with Crippen molar-refractivity contribution in [2.24, 2.45) is 20.0 Å². The van der Waals surface area contributed by atoms with E-state index >= 15 is 0 Å². The van der Waals surface area contributed by atoms with Gasteiger partial charge in [-0.1, -0.05) is 36.2 Å². The smallest absolute Gasteiger partial charge is 0.332 e. The largest absolute Gasteiger partial charge is 0.496 e. The Morgan fingerprint density at radius 2 is 1.71 bits per heavy atom. The van der Waals surface area contributed by atoms with E-state index < -0.39 is 46.1 Å². The van der Waals surface area contributed by atoms with E-state index in [4.69, 9.17) is 37.4 Å². The highest BCUT2D eigenvalue weighted by Gasteiger charge is 2.63. The average molecular weight is 616 g/mol. The van der Waals surface area contributed by atoms with Crippen molar-refractivity contribution in [3.8, 4) is 17.2 Å². The Kier molecular flexibility index (Phi) is 6.32. The van der Waals surface area contributed by atoms with Crippen LogP contribution in [0.2, 0.25) is 10.0 Å². The highest BCUT2D eigenvalue weighted by Crippen LogP contribution is 2.56. The lowest BCUT2D eigenvalue weighted by atomic mass is 9.66. The monoisotopic (exact) mass is 615 g/mol. The lowest BCUT2D eigenvalue weighted by Crippen LogP contribution is -2.58. The number of ether oxygens (including phenoxy) is 3. The predicted molar refractivity (Wildman–Crippen MR) is 152 cm³/mol. The molecule has 0 amide bonds. The van der Waals surface area contributed by atoms with Gasteiger partial charge in [0.1, 0.15) is 33.7 Å². The summed E-state index contributed by atoms with van der Waals surface area (Å²) in [6.07, 6.45) is 0.117. The number of halogens is 3. The van der Waals surface area contributed by atoms with E-state index in [9.17, 15) is 23.6 Å². The quantitative estimate of drug-likeness (QED) is 0.440. The van der Waals surface area contributed by atoms with Crippen LogP contribution in [0.4, 0.5) is 10.2 Å². The molecular formula is C29H24Cl2FN3O7. The number of Topliss-reactive ketones (excluding diaryl/α,β-unsaturated/α-hetero) is 2. The van der Waals surface area contributed by atoms with Crippen LogP contribution in [0.5, 0.6) is 17.2 Å². The molecule has 2 aromatic carbocycles. The molecule has 3 atom stereocenters. The van der Waals surface area contributed by atoms with Gasteiger partial charge in [0.2, 0.25) is 17.2 Å². The molecule has 0 saturated carbocycles. The highest BCUT2D eigenvalue weighted by atomic mass is 35.5. The maximum atomic E-state index is 14.8. The third kappa shape index (κ3) is 3.49. The van der Waals surface area contributed by atoms with Crippen molar-refractivity contribution in [1.82, 2.24) is 9.13 Å². The van der Waals surface area contributed by atoms with Crippen LogP contribution in [0.3, 0.4) is 0 Å². The first-order valence-corrected chi connectivity index (χ1v) is 13.6. The third-order valence-electron chi connectivity index (χ3n) is 8.35. The Balaban J connectivity index is 1.63. The molecule has 0 radical (unpaired) electrons. The fraction of sp³-hybridized carbons (Fsp3) is 0.310. The number of hydrogen-bond acceptors (Lipinski definition) is 8. The van der Waals surface area contributed by atoms with Crippen molar-refractivity contribution in [2.75, 3.05) is 19.5 Å². The van der Waals surface area contributed by atoms with Crippen molar-refractivity contribution in [2.45, 2.75) is 24.9 Å². The van der Waals surface area contributed by atoms with Crippen molar-refractivity contribution in [3.05, 3.63) is 88.9 Å². The van der Waals surface area contributed by atoms with Gasteiger partial charge >= 0.3 is 5.69 Å². The summed E-state index contributed by atoms with van der Waals surface area (Å²) in [6.45, 7) is 1.69. The molecule has 42 heavy (non-hydrogen) atoms. The number of allylic oxidation sites excluding steroid dienone is 1. The zero-order chi connectivity index (χ0) is 30.4. The average Bonchev–Trinajstić information content (AvgIpc) is 3.29. The van der Waals surface area contributed by atoms with Gasteiger partial charge in [-0.25, -0.2) is 9.18 Å². The zero-order valence-corrected chi connectivity index (χ0v) is 24.6. The lowest BCUT2D eigenvalue weighted by Gasteiger charge is -2.42. The molecule has 3 aliphatic rings. The van der Waals surface area contributed by atoms with E-state index in [-0.39, 0.29) is 56.2 Å². The number of anilines is 1. The first-order valence-electron chi connectivity index (χ1n) is 12.9. The summed E-state index contributed by atoms with van der Waals surface area (Å²) in [7, 11) is 5.57. The molecule has 10 nitrogen and oxygen atoms in total. The number of carbonyl (C=O) groups excluding carboxylic acids is 2. The Hall–Kier alpha value is -4.09. The Morgan fingerprint density at radius 1 is 1.02 bits per heavy atom. The molecule has 1 N–H and O–H groups in total. The van der Waals surface area contributed by atoms with Crippen molar-refractivity contribution in [1.29, 1.82) is 0 Å². The number of benzene rings is 2. The molecule has 1 spiro atoms. The first kappa shape index (κ1) is 28.0. The molecule has 1 aliphatic carbocycles. The van der Waals surface area contributed by atoms with E-state index in [0.717, 1.165) is 10.6 Å². The van der Waals surface area contributed by atoms with Crippen LogP contribution in [0.25, 0.3) is 0 Å². The molecule has 3 aromatic rings. The maximum absolute atomic E-state index is 14.8. The lowest BCUT2D eigenvalue weighted by molar-refractivity contribution is -0.130. The number of methoxy groups -OCH3 is 2. The van der Waals surface area contributed by atoms with Crippen LogP contribution in [0.15, 0.2) is 45.1 Å². The van der Waals surface area contributed by atoms with Crippen LogP contribution in [0.1, 0.15) is 40.7 Å². The van der Waals surface area contributed by atoms with Gasteiger partial charge in [-0.05, 0) is 24.1 Å². The number of nitrogens with one attached hydrogen (secondary N) is 1. The van der Waals surface area contributed by atoms with Crippen LogP contribution >= 0.6 is 23.2 Å². The molecular weight excluding hydrogens is 592 g/mol. The summed E-state index contributed by atoms with van der Waals surface area (Å²) < 4.78 is 33.5.